The highest BCUT2D eigenvalue weighted by Gasteiger charge is 2.31. The van der Waals surface area contributed by atoms with Crippen LogP contribution < -0.4 is 10.6 Å². The summed E-state index contributed by atoms with van der Waals surface area (Å²) in [7, 11) is 4.04. The normalized spacial score (nSPS) is 20.9. The van der Waals surface area contributed by atoms with E-state index in [1.54, 1.807) is 7.05 Å². The zero-order valence-corrected chi connectivity index (χ0v) is 21.2. The molecule has 0 spiro atoms. The van der Waals surface area contributed by atoms with Crippen molar-refractivity contribution in [2.24, 2.45) is 10.9 Å². The van der Waals surface area contributed by atoms with E-state index in [4.69, 9.17) is 4.42 Å². The van der Waals surface area contributed by atoms with E-state index >= 15 is 0 Å². The number of guanidine groups is 1. The van der Waals surface area contributed by atoms with Crippen LogP contribution in [0.5, 0.6) is 0 Å². The Bertz CT molecular complexity index is 768. The summed E-state index contributed by atoms with van der Waals surface area (Å²) >= 11 is 1.85. The molecule has 2 aromatic rings. The SMILES string of the molecule is CN=C(NCc1ncc(C(C)(C)C)o1)NCC1CCCN(C)C1c1cccs1.I. The number of nitrogens with one attached hydrogen (secondary N) is 2. The number of oxazole rings is 1. The lowest BCUT2D eigenvalue weighted by atomic mass is 9.88. The molecule has 0 amide bonds. The van der Waals surface area contributed by atoms with E-state index < -0.39 is 0 Å². The first-order valence-corrected chi connectivity index (χ1v) is 10.9. The van der Waals surface area contributed by atoms with Crippen LogP contribution in [0.15, 0.2) is 33.1 Å². The molecular weight excluding hydrogens is 497 g/mol. The van der Waals surface area contributed by atoms with Crippen LogP contribution in [0.2, 0.25) is 0 Å². The number of aliphatic imine (C=N–C) groups is 1. The summed E-state index contributed by atoms with van der Waals surface area (Å²) in [5.74, 6) is 2.93. The van der Waals surface area contributed by atoms with Gasteiger partial charge in [0.25, 0.3) is 0 Å². The number of hydrogen-bond donors (Lipinski definition) is 2. The van der Waals surface area contributed by atoms with Crippen LogP contribution >= 0.6 is 35.3 Å². The first-order valence-electron chi connectivity index (χ1n) is 10.0. The molecule has 0 saturated carbocycles. The molecule has 1 aliphatic heterocycles. The van der Waals surface area contributed by atoms with Gasteiger partial charge in [0.1, 0.15) is 5.76 Å². The Kier molecular flexibility index (Phi) is 8.96. The molecule has 3 heterocycles. The van der Waals surface area contributed by atoms with Gasteiger partial charge in [0, 0.05) is 29.9 Å². The summed E-state index contributed by atoms with van der Waals surface area (Å²) in [5.41, 5.74) is -0.0327. The van der Waals surface area contributed by atoms with Gasteiger partial charge in [-0.05, 0) is 43.8 Å². The van der Waals surface area contributed by atoms with Gasteiger partial charge in [-0.25, -0.2) is 4.98 Å². The molecule has 29 heavy (non-hydrogen) atoms. The van der Waals surface area contributed by atoms with Gasteiger partial charge in [0.2, 0.25) is 5.89 Å². The van der Waals surface area contributed by atoms with Crippen LogP contribution in [-0.2, 0) is 12.0 Å². The minimum absolute atomic E-state index is 0. The fourth-order valence-electron chi connectivity index (χ4n) is 3.73. The second-order valence-corrected chi connectivity index (χ2v) is 9.50. The Labute approximate surface area is 195 Å². The lowest BCUT2D eigenvalue weighted by Crippen LogP contribution is -2.44. The number of halogens is 1. The molecule has 1 saturated heterocycles. The van der Waals surface area contributed by atoms with Crippen molar-refractivity contribution >= 4 is 41.3 Å². The smallest absolute Gasteiger partial charge is 0.213 e. The average Bonchev–Trinajstić information content (AvgIpc) is 3.33. The molecule has 8 heteroatoms. The summed E-state index contributed by atoms with van der Waals surface area (Å²) in [6.45, 7) is 8.94. The zero-order valence-electron chi connectivity index (χ0n) is 18.1. The van der Waals surface area contributed by atoms with Crippen LogP contribution in [0, 0.1) is 5.92 Å². The number of likely N-dealkylation sites (tertiary alicyclic amines) is 1. The van der Waals surface area contributed by atoms with Crippen LogP contribution in [0.25, 0.3) is 0 Å². The number of rotatable bonds is 5. The minimum atomic E-state index is -0.0327. The van der Waals surface area contributed by atoms with Crippen molar-refractivity contribution in [1.29, 1.82) is 0 Å². The van der Waals surface area contributed by atoms with E-state index in [-0.39, 0.29) is 29.4 Å². The topological polar surface area (TPSA) is 65.7 Å². The van der Waals surface area contributed by atoms with Crippen LogP contribution in [-0.4, -0.2) is 43.0 Å². The van der Waals surface area contributed by atoms with Crippen molar-refractivity contribution in [3.8, 4) is 0 Å². The molecule has 2 unspecified atom stereocenters. The van der Waals surface area contributed by atoms with Gasteiger partial charge in [-0.2, -0.15) is 0 Å². The highest BCUT2D eigenvalue weighted by molar-refractivity contribution is 14.0. The van der Waals surface area contributed by atoms with E-state index in [0.29, 0.717) is 24.4 Å². The predicted octanol–water partition coefficient (Wildman–Crippen LogP) is 4.40. The van der Waals surface area contributed by atoms with Crippen molar-refractivity contribution in [3.05, 3.63) is 40.2 Å². The fourth-order valence-corrected chi connectivity index (χ4v) is 4.71. The molecule has 1 aliphatic rings. The highest BCUT2D eigenvalue weighted by Crippen LogP contribution is 2.36. The maximum Gasteiger partial charge on any atom is 0.213 e. The van der Waals surface area contributed by atoms with E-state index in [0.717, 1.165) is 24.8 Å². The number of thiophene rings is 1. The van der Waals surface area contributed by atoms with Crippen molar-refractivity contribution in [2.45, 2.75) is 51.6 Å². The molecule has 1 fully saturated rings. The zero-order chi connectivity index (χ0) is 20.1. The summed E-state index contributed by atoms with van der Waals surface area (Å²) in [4.78, 5) is 12.7. The Morgan fingerprint density at radius 2 is 2.17 bits per heavy atom. The summed E-state index contributed by atoms with van der Waals surface area (Å²) in [5, 5.41) is 9.00. The largest absolute Gasteiger partial charge is 0.443 e. The third-order valence-corrected chi connectivity index (χ3v) is 6.24. The van der Waals surface area contributed by atoms with E-state index in [9.17, 15) is 0 Å². The number of hydrogen-bond acceptors (Lipinski definition) is 5. The average molecular weight is 532 g/mol. The number of nitrogens with zero attached hydrogens (tertiary/aromatic N) is 3. The van der Waals surface area contributed by atoms with Gasteiger partial charge >= 0.3 is 0 Å². The molecular formula is C21H34IN5OS. The molecule has 6 nitrogen and oxygen atoms in total. The molecule has 0 aromatic carbocycles. The maximum atomic E-state index is 5.86. The molecule has 3 rings (SSSR count). The van der Waals surface area contributed by atoms with Crippen molar-refractivity contribution in [1.82, 2.24) is 20.5 Å². The molecule has 0 bridgehead atoms. The van der Waals surface area contributed by atoms with Gasteiger partial charge in [-0.15, -0.1) is 35.3 Å². The Hall–Kier alpha value is -1.13. The van der Waals surface area contributed by atoms with E-state index in [1.807, 2.05) is 17.5 Å². The molecule has 2 N–H and O–H groups in total. The van der Waals surface area contributed by atoms with E-state index in [1.165, 1.54) is 17.7 Å². The lowest BCUT2D eigenvalue weighted by Gasteiger charge is -2.39. The van der Waals surface area contributed by atoms with Crippen LogP contribution in [0.3, 0.4) is 0 Å². The van der Waals surface area contributed by atoms with Crippen molar-refractivity contribution in [3.63, 3.8) is 0 Å². The standard InChI is InChI=1S/C21H33N5OS.HI/c1-21(2,3)17-13-23-18(27-17)14-25-20(22-4)24-12-15-8-6-10-26(5)19(15)16-9-7-11-28-16;/h7,9,11,13,15,19H,6,8,10,12,14H2,1-5H3,(H2,22,24,25);1H. The second kappa shape index (κ2) is 10.8. The van der Waals surface area contributed by atoms with Crippen LogP contribution in [0.4, 0.5) is 0 Å². The molecule has 162 valence electrons. The van der Waals surface area contributed by atoms with Gasteiger partial charge in [-0.1, -0.05) is 26.8 Å². The van der Waals surface area contributed by atoms with Gasteiger partial charge in [-0.3, -0.25) is 9.89 Å². The van der Waals surface area contributed by atoms with Crippen molar-refractivity contribution < 1.29 is 4.42 Å². The fraction of sp³-hybridized carbons (Fsp3) is 0.619. The first-order chi connectivity index (χ1) is 13.4. The Morgan fingerprint density at radius 1 is 1.38 bits per heavy atom. The van der Waals surface area contributed by atoms with Crippen molar-refractivity contribution in [2.75, 3.05) is 27.2 Å². The maximum absolute atomic E-state index is 5.86. The minimum Gasteiger partial charge on any atom is -0.443 e. The molecule has 0 radical (unpaired) electrons. The molecule has 2 aromatic heterocycles. The first kappa shape index (κ1) is 24.1. The van der Waals surface area contributed by atoms with Gasteiger partial charge < -0.3 is 15.1 Å². The van der Waals surface area contributed by atoms with E-state index in [2.05, 4.69) is 70.8 Å². The highest BCUT2D eigenvalue weighted by atomic mass is 127. The summed E-state index contributed by atoms with van der Waals surface area (Å²) < 4.78 is 5.86. The quantitative estimate of drug-likeness (QED) is 0.340. The van der Waals surface area contributed by atoms with Crippen LogP contribution in [0.1, 0.15) is 56.2 Å². The third-order valence-electron chi connectivity index (χ3n) is 5.30. The van der Waals surface area contributed by atoms with Gasteiger partial charge in [0.15, 0.2) is 5.96 Å². The number of piperidine rings is 1. The second-order valence-electron chi connectivity index (χ2n) is 8.52. The molecule has 2 atom stereocenters. The summed E-state index contributed by atoms with van der Waals surface area (Å²) in [6, 6.07) is 4.88. The Balaban J connectivity index is 0.00000300. The predicted molar refractivity (Wildman–Crippen MR) is 131 cm³/mol. The molecule has 0 aliphatic carbocycles. The monoisotopic (exact) mass is 531 g/mol. The number of aromatic nitrogens is 1. The summed E-state index contributed by atoms with van der Waals surface area (Å²) in [6.07, 6.45) is 4.28. The van der Waals surface area contributed by atoms with Gasteiger partial charge in [0.05, 0.1) is 12.7 Å². The lowest BCUT2D eigenvalue weighted by molar-refractivity contribution is 0.125. The Morgan fingerprint density at radius 3 is 2.79 bits per heavy atom. The third kappa shape index (κ3) is 6.42.